The second-order valence-corrected chi connectivity index (χ2v) is 6.48. The van der Waals surface area contributed by atoms with Crippen molar-refractivity contribution in [2.75, 3.05) is 19.7 Å². The molecule has 3 heterocycles. The molecule has 22 heavy (non-hydrogen) atoms. The van der Waals surface area contributed by atoms with E-state index in [1.807, 2.05) is 18.5 Å². The van der Waals surface area contributed by atoms with Crippen molar-refractivity contribution in [3.63, 3.8) is 0 Å². The minimum absolute atomic E-state index is 0.191. The van der Waals surface area contributed by atoms with E-state index in [1.54, 1.807) is 16.2 Å². The van der Waals surface area contributed by atoms with Crippen LogP contribution in [0.15, 0.2) is 17.8 Å². The first kappa shape index (κ1) is 15.3. The summed E-state index contributed by atoms with van der Waals surface area (Å²) >= 11 is 1.65. The first-order valence-electron chi connectivity index (χ1n) is 7.77. The van der Waals surface area contributed by atoms with Gasteiger partial charge in [-0.2, -0.15) is 0 Å². The zero-order valence-electron chi connectivity index (χ0n) is 13.0. The van der Waals surface area contributed by atoms with Crippen molar-refractivity contribution in [1.82, 2.24) is 19.6 Å². The molecule has 1 atom stereocenters. The number of carbonyl (C=O) groups excluding carboxylic acids is 1. The standard InChI is InChI=1S/C15H22N4O2S/c1-3-21-15(20)18-6-4-12(5-7-18)16-11(2)13-10-19-8-9-22-14(19)17-13/h8-12,16H,3-7H2,1-2H3. The van der Waals surface area contributed by atoms with Crippen molar-refractivity contribution in [1.29, 1.82) is 0 Å². The lowest BCUT2D eigenvalue weighted by Gasteiger charge is -2.33. The Morgan fingerprint density at radius 1 is 1.55 bits per heavy atom. The minimum Gasteiger partial charge on any atom is -0.450 e. The summed E-state index contributed by atoms with van der Waals surface area (Å²) in [6.07, 6.45) is 5.82. The van der Waals surface area contributed by atoms with Crippen LogP contribution in [0, 0.1) is 0 Å². The van der Waals surface area contributed by atoms with Gasteiger partial charge in [0.25, 0.3) is 0 Å². The maximum Gasteiger partial charge on any atom is 0.409 e. The number of hydrogen-bond acceptors (Lipinski definition) is 5. The highest BCUT2D eigenvalue weighted by Crippen LogP contribution is 2.19. The van der Waals surface area contributed by atoms with Crippen LogP contribution in [0.3, 0.4) is 0 Å². The Hall–Kier alpha value is -1.60. The third-order valence-corrected chi connectivity index (χ3v) is 4.83. The number of hydrogen-bond donors (Lipinski definition) is 1. The van der Waals surface area contributed by atoms with E-state index in [4.69, 9.17) is 4.74 Å². The van der Waals surface area contributed by atoms with E-state index < -0.39 is 0 Å². The summed E-state index contributed by atoms with van der Waals surface area (Å²) in [7, 11) is 0. The van der Waals surface area contributed by atoms with Gasteiger partial charge in [-0.15, -0.1) is 11.3 Å². The Morgan fingerprint density at radius 3 is 3.00 bits per heavy atom. The second kappa shape index (κ2) is 6.66. The highest BCUT2D eigenvalue weighted by atomic mass is 32.1. The lowest BCUT2D eigenvalue weighted by atomic mass is 10.0. The number of aromatic nitrogens is 2. The summed E-state index contributed by atoms with van der Waals surface area (Å²) in [5.74, 6) is 0. The van der Waals surface area contributed by atoms with Crippen LogP contribution in [0.25, 0.3) is 4.96 Å². The van der Waals surface area contributed by atoms with E-state index in [1.165, 1.54) is 0 Å². The molecule has 0 bridgehead atoms. The Balaban J connectivity index is 1.52. The van der Waals surface area contributed by atoms with Crippen LogP contribution in [0.2, 0.25) is 0 Å². The number of nitrogens with one attached hydrogen (secondary N) is 1. The van der Waals surface area contributed by atoms with Gasteiger partial charge >= 0.3 is 6.09 Å². The average Bonchev–Trinajstić information content (AvgIpc) is 3.09. The van der Waals surface area contributed by atoms with E-state index >= 15 is 0 Å². The molecule has 6 nitrogen and oxygen atoms in total. The van der Waals surface area contributed by atoms with Gasteiger partial charge < -0.3 is 15.0 Å². The van der Waals surface area contributed by atoms with E-state index in [2.05, 4.69) is 27.8 Å². The molecule has 0 aromatic carbocycles. The van der Waals surface area contributed by atoms with Gasteiger partial charge in [-0.05, 0) is 26.7 Å². The predicted octanol–water partition coefficient (Wildman–Crippen LogP) is 2.67. The van der Waals surface area contributed by atoms with Crippen molar-refractivity contribution in [2.24, 2.45) is 0 Å². The topological polar surface area (TPSA) is 58.9 Å². The van der Waals surface area contributed by atoms with Gasteiger partial charge in [-0.3, -0.25) is 4.40 Å². The van der Waals surface area contributed by atoms with Crippen LogP contribution in [0.5, 0.6) is 0 Å². The molecule has 1 N–H and O–H groups in total. The minimum atomic E-state index is -0.191. The molecule has 0 aliphatic carbocycles. The predicted molar refractivity (Wildman–Crippen MR) is 86.2 cm³/mol. The fourth-order valence-electron chi connectivity index (χ4n) is 2.84. The van der Waals surface area contributed by atoms with E-state index in [0.29, 0.717) is 12.6 Å². The van der Waals surface area contributed by atoms with Crippen LogP contribution in [0.1, 0.15) is 38.4 Å². The summed E-state index contributed by atoms with van der Waals surface area (Å²) in [4.78, 5) is 19.1. The number of imidazole rings is 1. The first-order chi connectivity index (χ1) is 10.7. The monoisotopic (exact) mass is 322 g/mol. The van der Waals surface area contributed by atoms with Crippen molar-refractivity contribution in [3.05, 3.63) is 23.5 Å². The van der Waals surface area contributed by atoms with Gasteiger partial charge in [0.05, 0.1) is 12.3 Å². The van der Waals surface area contributed by atoms with Gasteiger partial charge in [0.2, 0.25) is 0 Å². The number of likely N-dealkylation sites (tertiary alicyclic amines) is 1. The van der Waals surface area contributed by atoms with Crippen molar-refractivity contribution in [2.45, 2.75) is 38.8 Å². The van der Waals surface area contributed by atoms with Crippen LogP contribution < -0.4 is 5.32 Å². The molecular formula is C15H22N4O2S. The zero-order chi connectivity index (χ0) is 15.5. The van der Waals surface area contributed by atoms with Crippen LogP contribution in [-0.4, -0.2) is 46.1 Å². The normalized spacial score (nSPS) is 17.8. The maximum absolute atomic E-state index is 11.7. The highest BCUT2D eigenvalue weighted by Gasteiger charge is 2.25. The molecule has 1 fully saturated rings. The van der Waals surface area contributed by atoms with Crippen LogP contribution in [-0.2, 0) is 4.74 Å². The van der Waals surface area contributed by atoms with Crippen molar-refractivity contribution in [3.8, 4) is 0 Å². The molecule has 0 spiro atoms. The SMILES string of the molecule is CCOC(=O)N1CCC(NC(C)c2cn3ccsc3n2)CC1. The number of rotatable bonds is 4. The Kier molecular flexibility index (Phi) is 4.63. The lowest BCUT2D eigenvalue weighted by molar-refractivity contribution is 0.0943. The molecule has 2 aromatic rings. The Labute approximate surface area is 134 Å². The van der Waals surface area contributed by atoms with E-state index in [-0.39, 0.29) is 12.1 Å². The first-order valence-corrected chi connectivity index (χ1v) is 8.65. The molecule has 1 unspecified atom stereocenters. The zero-order valence-corrected chi connectivity index (χ0v) is 13.8. The maximum atomic E-state index is 11.7. The van der Waals surface area contributed by atoms with Gasteiger partial charge in [0.1, 0.15) is 0 Å². The third kappa shape index (κ3) is 3.25. The van der Waals surface area contributed by atoms with Gasteiger partial charge in [-0.25, -0.2) is 9.78 Å². The average molecular weight is 322 g/mol. The molecule has 1 aliphatic heterocycles. The number of amides is 1. The number of carbonyl (C=O) groups is 1. The van der Waals surface area contributed by atoms with E-state index in [0.717, 1.165) is 36.6 Å². The largest absolute Gasteiger partial charge is 0.450 e. The molecule has 1 saturated heterocycles. The molecule has 1 amide bonds. The Morgan fingerprint density at radius 2 is 2.32 bits per heavy atom. The third-order valence-electron chi connectivity index (χ3n) is 4.06. The number of piperidine rings is 1. The van der Waals surface area contributed by atoms with Gasteiger partial charge in [0, 0.05) is 42.9 Å². The molecule has 7 heteroatoms. The molecule has 3 rings (SSSR count). The highest BCUT2D eigenvalue weighted by molar-refractivity contribution is 7.15. The fourth-order valence-corrected chi connectivity index (χ4v) is 3.54. The van der Waals surface area contributed by atoms with Gasteiger partial charge in [0.15, 0.2) is 4.96 Å². The molecule has 0 saturated carbocycles. The van der Waals surface area contributed by atoms with Gasteiger partial charge in [-0.1, -0.05) is 0 Å². The number of thiazole rings is 1. The number of ether oxygens (including phenoxy) is 1. The summed E-state index contributed by atoms with van der Waals surface area (Å²) in [6.45, 7) is 5.92. The number of nitrogens with zero attached hydrogens (tertiary/aromatic N) is 3. The van der Waals surface area contributed by atoms with E-state index in [9.17, 15) is 4.79 Å². The Bertz CT molecular complexity index is 602. The van der Waals surface area contributed by atoms with Crippen molar-refractivity contribution >= 4 is 22.4 Å². The second-order valence-electron chi connectivity index (χ2n) is 5.61. The van der Waals surface area contributed by atoms with Crippen LogP contribution in [0.4, 0.5) is 4.79 Å². The lowest BCUT2D eigenvalue weighted by Crippen LogP contribution is -2.45. The smallest absolute Gasteiger partial charge is 0.409 e. The quantitative estimate of drug-likeness (QED) is 0.940. The summed E-state index contributed by atoms with van der Waals surface area (Å²) < 4.78 is 7.10. The van der Waals surface area contributed by atoms with Crippen LogP contribution >= 0.6 is 11.3 Å². The molecule has 0 radical (unpaired) electrons. The molecule has 2 aromatic heterocycles. The fraction of sp³-hybridized carbons (Fsp3) is 0.600. The molecule has 120 valence electrons. The molecule has 1 aliphatic rings. The number of fused-ring (bicyclic) bond motifs is 1. The summed E-state index contributed by atoms with van der Waals surface area (Å²) in [5.41, 5.74) is 1.07. The van der Waals surface area contributed by atoms with Crippen molar-refractivity contribution < 1.29 is 9.53 Å². The molecular weight excluding hydrogens is 300 g/mol. The summed E-state index contributed by atoms with van der Waals surface area (Å²) in [5, 5.41) is 5.66. The summed E-state index contributed by atoms with van der Waals surface area (Å²) in [6, 6.07) is 0.631.